The van der Waals surface area contributed by atoms with Gasteiger partial charge in [0, 0.05) is 12.7 Å². The van der Waals surface area contributed by atoms with Crippen molar-refractivity contribution in [1.82, 2.24) is 4.90 Å². The number of para-hydroxylation sites is 1. The molecule has 0 saturated heterocycles. The Morgan fingerprint density at radius 3 is 2.27 bits per heavy atom. The van der Waals surface area contributed by atoms with Crippen LogP contribution >= 0.6 is 0 Å². The molecule has 5 heteroatoms. The van der Waals surface area contributed by atoms with E-state index in [2.05, 4.69) is 5.32 Å². The van der Waals surface area contributed by atoms with Crippen molar-refractivity contribution in [3.63, 3.8) is 0 Å². The van der Waals surface area contributed by atoms with Gasteiger partial charge in [-0.3, -0.25) is 9.59 Å². The molecule has 0 bridgehead atoms. The molecule has 138 valence electrons. The number of nitrogens with one attached hydrogen (secondary N) is 1. The van der Waals surface area contributed by atoms with Crippen molar-refractivity contribution >= 4 is 17.5 Å². The van der Waals surface area contributed by atoms with Crippen LogP contribution in [-0.2, 0) is 9.59 Å². The second kappa shape index (κ2) is 9.04. The summed E-state index contributed by atoms with van der Waals surface area (Å²) in [6.45, 7) is 6.24. The first-order valence-corrected chi connectivity index (χ1v) is 8.66. The number of amides is 2. The molecule has 0 unspecified atom stereocenters. The van der Waals surface area contributed by atoms with E-state index in [9.17, 15) is 9.59 Å². The van der Waals surface area contributed by atoms with E-state index in [1.54, 1.807) is 7.05 Å². The van der Waals surface area contributed by atoms with E-state index in [4.69, 9.17) is 4.74 Å². The smallest absolute Gasteiger partial charge is 0.243 e. The topological polar surface area (TPSA) is 58.6 Å². The molecule has 2 aromatic rings. The zero-order valence-corrected chi connectivity index (χ0v) is 15.8. The van der Waals surface area contributed by atoms with Crippen LogP contribution in [0.1, 0.15) is 23.1 Å². The third-order valence-electron chi connectivity index (χ3n) is 4.08. The lowest BCUT2D eigenvalue weighted by atomic mass is 10.1. The van der Waals surface area contributed by atoms with Crippen LogP contribution in [0.4, 0.5) is 5.69 Å². The van der Waals surface area contributed by atoms with E-state index in [0.29, 0.717) is 0 Å². The molecule has 0 aromatic heterocycles. The standard InChI is InChI=1S/C21H26N2O3/c1-15-12-16(2)21(17(3)13-15)22-19(24)14-23(4)20(25)10-11-26-18-8-6-5-7-9-18/h5-9,12-13H,10-11,14H2,1-4H3,(H,22,24). The molecule has 0 radical (unpaired) electrons. The summed E-state index contributed by atoms with van der Waals surface area (Å²) in [4.78, 5) is 25.9. The Labute approximate surface area is 155 Å². The summed E-state index contributed by atoms with van der Waals surface area (Å²) >= 11 is 0. The van der Waals surface area contributed by atoms with Crippen molar-refractivity contribution in [2.45, 2.75) is 27.2 Å². The Morgan fingerprint density at radius 2 is 1.65 bits per heavy atom. The Bertz CT molecular complexity index is 749. The number of hydrogen-bond acceptors (Lipinski definition) is 3. The Hall–Kier alpha value is -2.82. The van der Waals surface area contributed by atoms with Crippen LogP contribution in [0.25, 0.3) is 0 Å². The molecule has 1 N–H and O–H groups in total. The van der Waals surface area contributed by atoms with Crippen molar-refractivity contribution < 1.29 is 14.3 Å². The van der Waals surface area contributed by atoms with Crippen LogP contribution < -0.4 is 10.1 Å². The number of nitrogens with zero attached hydrogens (tertiary/aromatic N) is 1. The van der Waals surface area contributed by atoms with Crippen molar-refractivity contribution in [3.05, 3.63) is 59.2 Å². The second-order valence-electron chi connectivity index (χ2n) is 6.48. The molecule has 0 heterocycles. The predicted molar refractivity (Wildman–Crippen MR) is 103 cm³/mol. The quantitative estimate of drug-likeness (QED) is 0.828. The summed E-state index contributed by atoms with van der Waals surface area (Å²) < 4.78 is 5.52. The molecule has 0 aliphatic heterocycles. The number of anilines is 1. The SMILES string of the molecule is Cc1cc(C)c(NC(=O)CN(C)C(=O)CCOc2ccccc2)c(C)c1. The maximum Gasteiger partial charge on any atom is 0.243 e. The van der Waals surface area contributed by atoms with E-state index >= 15 is 0 Å². The first-order valence-electron chi connectivity index (χ1n) is 8.66. The van der Waals surface area contributed by atoms with Crippen molar-refractivity contribution in [2.75, 3.05) is 25.5 Å². The third kappa shape index (κ3) is 5.62. The van der Waals surface area contributed by atoms with Crippen LogP contribution in [0.3, 0.4) is 0 Å². The van der Waals surface area contributed by atoms with Gasteiger partial charge in [-0.2, -0.15) is 0 Å². The number of ether oxygens (including phenoxy) is 1. The molecule has 26 heavy (non-hydrogen) atoms. The number of hydrogen-bond donors (Lipinski definition) is 1. The molecule has 0 atom stereocenters. The summed E-state index contributed by atoms with van der Waals surface area (Å²) in [5, 5.41) is 2.91. The van der Waals surface area contributed by atoms with Gasteiger partial charge in [0.25, 0.3) is 0 Å². The van der Waals surface area contributed by atoms with Gasteiger partial charge in [-0.25, -0.2) is 0 Å². The molecular weight excluding hydrogens is 328 g/mol. The molecular formula is C21H26N2O3. The minimum atomic E-state index is -0.208. The first-order chi connectivity index (χ1) is 12.4. The van der Waals surface area contributed by atoms with E-state index in [1.807, 2.05) is 63.2 Å². The molecule has 0 fully saturated rings. The lowest BCUT2D eigenvalue weighted by Crippen LogP contribution is -2.35. The minimum absolute atomic E-state index is 0.0108. The number of carbonyl (C=O) groups is 2. The lowest BCUT2D eigenvalue weighted by Gasteiger charge is -2.18. The molecule has 0 aliphatic rings. The number of rotatable bonds is 7. The molecule has 2 amide bonds. The van der Waals surface area contributed by atoms with Crippen LogP contribution in [0.5, 0.6) is 5.75 Å². The van der Waals surface area contributed by atoms with Crippen molar-refractivity contribution in [1.29, 1.82) is 0 Å². The second-order valence-corrected chi connectivity index (χ2v) is 6.48. The number of aryl methyl sites for hydroxylation is 3. The summed E-state index contributed by atoms with van der Waals surface area (Å²) in [7, 11) is 1.62. The van der Waals surface area contributed by atoms with Crippen LogP contribution in [0.2, 0.25) is 0 Å². The van der Waals surface area contributed by atoms with Gasteiger partial charge in [0.1, 0.15) is 5.75 Å². The normalized spacial score (nSPS) is 10.3. The van der Waals surface area contributed by atoms with Gasteiger partial charge in [-0.1, -0.05) is 35.9 Å². The molecule has 0 aliphatic carbocycles. The number of carbonyl (C=O) groups excluding carboxylic acids is 2. The maximum atomic E-state index is 12.3. The maximum absolute atomic E-state index is 12.3. The van der Waals surface area contributed by atoms with Gasteiger partial charge in [-0.15, -0.1) is 0 Å². The largest absolute Gasteiger partial charge is 0.493 e. The van der Waals surface area contributed by atoms with Gasteiger partial charge in [0.05, 0.1) is 19.6 Å². The summed E-state index contributed by atoms with van der Waals surface area (Å²) in [5.41, 5.74) is 4.00. The molecule has 0 saturated carbocycles. The summed E-state index contributed by atoms with van der Waals surface area (Å²) in [6.07, 6.45) is 0.223. The van der Waals surface area contributed by atoms with Gasteiger partial charge in [-0.05, 0) is 44.0 Å². The lowest BCUT2D eigenvalue weighted by molar-refractivity contribution is -0.133. The fraction of sp³-hybridized carbons (Fsp3) is 0.333. The summed E-state index contributed by atoms with van der Waals surface area (Å²) in [6, 6.07) is 13.4. The van der Waals surface area contributed by atoms with Crippen molar-refractivity contribution in [3.8, 4) is 5.75 Å². The monoisotopic (exact) mass is 354 g/mol. The highest BCUT2D eigenvalue weighted by Crippen LogP contribution is 2.21. The number of likely N-dealkylation sites (N-methyl/N-ethyl adjacent to an activating group) is 1. The minimum Gasteiger partial charge on any atom is -0.493 e. The first kappa shape index (κ1) is 19.5. The zero-order valence-electron chi connectivity index (χ0n) is 15.8. The Balaban J connectivity index is 1.82. The van der Waals surface area contributed by atoms with Gasteiger partial charge < -0.3 is 15.0 Å². The molecule has 2 aromatic carbocycles. The fourth-order valence-electron chi connectivity index (χ4n) is 2.82. The van der Waals surface area contributed by atoms with Gasteiger partial charge in [0.2, 0.25) is 11.8 Å². The average molecular weight is 354 g/mol. The van der Waals surface area contributed by atoms with E-state index in [-0.39, 0.29) is 31.4 Å². The zero-order chi connectivity index (χ0) is 19.1. The highest BCUT2D eigenvalue weighted by molar-refractivity contribution is 5.95. The van der Waals surface area contributed by atoms with E-state index < -0.39 is 0 Å². The van der Waals surface area contributed by atoms with Gasteiger partial charge >= 0.3 is 0 Å². The Morgan fingerprint density at radius 1 is 1.04 bits per heavy atom. The van der Waals surface area contributed by atoms with Crippen molar-refractivity contribution in [2.24, 2.45) is 0 Å². The fourth-order valence-corrected chi connectivity index (χ4v) is 2.82. The van der Waals surface area contributed by atoms with Gasteiger partial charge in [0.15, 0.2) is 0 Å². The van der Waals surface area contributed by atoms with Crippen LogP contribution in [0.15, 0.2) is 42.5 Å². The highest BCUT2D eigenvalue weighted by atomic mass is 16.5. The van der Waals surface area contributed by atoms with Crippen LogP contribution in [-0.4, -0.2) is 36.9 Å². The molecule has 2 rings (SSSR count). The highest BCUT2D eigenvalue weighted by Gasteiger charge is 2.14. The Kier molecular flexibility index (Phi) is 6.78. The predicted octanol–water partition coefficient (Wildman–Crippen LogP) is 3.48. The average Bonchev–Trinajstić information content (AvgIpc) is 2.59. The van der Waals surface area contributed by atoms with Crippen LogP contribution in [0, 0.1) is 20.8 Å². The summed E-state index contributed by atoms with van der Waals surface area (Å²) in [5.74, 6) is 0.388. The number of benzene rings is 2. The van der Waals surface area contributed by atoms with E-state index in [0.717, 1.165) is 28.1 Å². The molecule has 0 spiro atoms. The third-order valence-corrected chi connectivity index (χ3v) is 4.08. The van der Waals surface area contributed by atoms with E-state index in [1.165, 1.54) is 4.90 Å². The molecule has 5 nitrogen and oxygen atoms in total.